The van der Waals surface area contributed by atoms with Crippen LogP contribution in [0, 0.1) is 22.7 Å². The molecule has 0 rings (SSSR count). The molecule has 0 bridgehead atoms. The van der Waals surface area contributed by atoms with Crippen LogP contribution in [-0.2, 0) is 17.0 Å². The SMILES string of the molecule is CC(C)CC(C)(C)C.CC(C)[C](=[V])C(C)(C)C. The van der Waals surface area contributed by atoms with E-state index in [9.17, 15) is 0 Å². The van der Waals surface area contributed by atoms with Crippen LogP contribution in [0.3, 0.4) is 0 Å². The van der Waals surface area contributed by atoms with Crippen molar-refractivity contribution in [2.45, 2.75) is 75.7 Å². The molecular weight excluding hydrogens is 243 g/mol. The summed E-state index contributed by atoms with van der Waals surface area (Å²) in [6, 6.07) is 0. The van der Waals surface area contributed by atoms with Gasteiger partial charge in [-0.05, 0) is 17.8 Å². The average molecular weight is 277 g/mol. The molecule has 0 N–H and O–H groups in total. The molecular formula is C16H34V. The van der Waals surface area contributed by atoms with E-state index in [-0.39, 0.29) is 0 Å². The molecule has 17 heavy (non-hydrogen) atoms. The second kappa shape index (κ2) is 7.79. The van der Waals surface area contributed by atoms with Crippen LogP contribution in [0.4, 0.5) is 0 Å². The van der Waals surface area contributed by atoms with Crippen molar-refractivity contribution in [2.24, 2.45) is 22.7 Å². The van der Waals surface area contributed by atoms with Gasteiger partial charge in [-0.2, -0.15) is 0 Å². The molecule has 0 fully saturated rings. The summed E-state index contributed by atoms with van der Waals surface area (Å²) in [6.07, 6.45) is 1.33. The van der Waals surface area contributed by atoms with E-state index in [1.54, 1.807) is 0 Å². The van der Waals surface area contributed by atoms with E-state index >= 15 is 0 Å². The topological polar surface area (TPSA) is 0 Å². The fraction of sp³-hybridized carbons (Fsp3) is 0.938. The molecule has 0 heterocycles. The maximum atomic E-state index is 2.69. The zero-order chi connectivity index (χ0) is 14.4. The fourth-order valence-corrected chi connectivity index (χ4v) is 2.09. The molecule has 0 saturated carbocycles. The Morgan fingerprint density at radius 1 is 0.882 bits per heavy atom. The van der Waals surface area contributed by atoms with Crippen LogP contribution in [0.2, 0.25) is 0 Å². The van der Waals surface area contributed by atoms with Crippen LogP contribution in [0.15, 0.2) is 0 Å². The zero-order valence-corrected chi connectivity index (χ0v) is 15.2. The van der Waals surface area contributed by atoms with Crippen LogP contribution in [-0.4, -0.2) is 4.23 Å². The van der Waals surface area contributed by atoms with E-state index in [4.69, 9.17) is 0 Å². The second-order valence-electron chi connectivity index (χ2n) is 7.95. The third kappa shape index (κ3) is 14.4. The second-order valence-corrected chi connectivity index (χ2v) is 8.70. The van der Waals surface area contributed by atoms with Gasteiger partial charge in [-0.15, -0.1) is 0 Å². The van der Waals surface area contributed by atoms with Crippen LogP contribution >= 0.6 is 0 Å². The first-order valence-corrected chi connectivity index (χ1v) is 7.53. The van der Waals surface area contributed by atoms with E-state index in [0.29, 0.717) is 16.7 Å². The van der Waals surface area contributed by atoms with Crippen LogP contribution < -0.4 is 0 Å². The molecule has 0 radical (unpaired) electrons. The van der Waals surface area contributed by atoms with Crippen LogP contribution in [0.25, 0.3) is 0 Å². The summed E-state index contributed by atoms with van der Waals surface area (Å²) in [5.41, 5.74) is 0.891. The van der Waals surface area contributed by atoms with Crippen molar-refractivity contribution in [1.82, 2.24) is 0 Å². The number of hydrogen-bond acceptors (Lipinski definition) is 0. The minimum absolute atomic E-state index is 0.369. The van der Waals surface area contributed by atoms with Gasteiger partial charge in [0.05, 0.1) is 0 Å². The van der Waals surface area contributed by atoms with Gasteiger partial charge in [-0.1, -0.05) is 34.6 Å². The van der Waals surface area contributed by atoms with Gasteiger partial charge in [0.1, 0.15) is 0 Å². The molecule has 0 saturated heterocycles. The molecule has 103 valence electrons. The van der Waals surface area contributed by atoms with Gasteiger partial charge in [0.15, 0.2) is 0 Å². The van der Waals surface area contributed by atoms with E-state index in [1.807, 2.05) is 0 Å². The van der Waals surface area contributed by atoms with Gasteiger partial charge in [-0.25, -0.2) is 0 Å². The van der Waals surface area contributed by atoms with Crippen molar-refractivity contribution >= 4 is 4.23 Å². The summed E-state index contributed by atoms with van der Waals surface area (Å²) in [6.45, 7) is 22.6. The molecule has 0 amide bonds. The van der Waals surface area contributed by atoms with Crippen molar-refractivity contribution in [3.05, 3.63) is 0 Å². The third-order valence-electron chi connectivity index (χ3n) is 2.34. The first kappa shape index (κ1) is 19.8. The van der Waals surface area contributed by atoms with E-state index in [1.165, 1.54) is 10.6 Å². The molecule has 0 aromatic heterocycles. The molecule has 0 aromatic carbocycles. The molecule has 0 aliphatic rings. The zero-order valence-electron chi connectivity index (χ0n) is 13.8. The molecule has 0 aromatic rings. The predicted octanol–water partition coefficient (Wildman–Crippen LogP) is 5.49. The normalized spacial score (nSPS) is 12.4. The van der Waals surface area contributed by atoms with Crippen molar-refractivity contribution in [1.29, 1.82) is 0 Å². The van der Waals surface area contributed by atoms with E-state index in [2.05, 4.69) is 86.2 Å². The van der Waals surface area contributed by atoms with Gasteiger partial charge in [-0.3, -0.25) is 0 Å². The molecule has 0 aliphatic carbocycles. The minimum atomic E-state index is 0.369. The Balaban J connectivity index is 0. The number of rotatable bonds is 2. The monoisotopic (exact) mass is 277 g/mol. The Morgan fingerprint density at radius 3 is 1.24 bits per heavy atom. The summed E-state index contributed by atoms with van der Waals surface area (Å²) in [5, 5.41) is 0. The van der Waals surface area contributed by atoms with Crippen LogP contribution in [0.5, 0.6) is 0 Å². The third-order valence-corrected chi connectivity index (χ3v) is 4.19. The van der Waals surface area contributed by atoms with Crippen molar-refractivity contribution in [2.75, 3.05) is 0 Å². The van der Waals surface area contributed by atoms with Crippen molar-refractivity contribution in [3.8, 4) is 0 Å². The number of hydrogen-bond donors (Lipinski definition) is 0. The Labute approximate surface area is 119 Å². The Kier molecular flexibility index (Phi) is 9.07. The summed E-state index contributed by atoms with van der Waals surface area (Å²) in [7, 11) is 0. The van der Waals surface area contributed by atoms with E-state index in [0.717, 1.165) is 5.92 Å². The summed E-state index contributed by atoms with van der Waals surface area (Å²) >= 11 is 2.69. The summed E-state index contributed by atoms with van der Waals surface area (Å²) in [4.78, 5) is 0. The molecule has 0 unspecified atom stereocenters. The maximum absolute atomic E-state index is 2.69. The van der Waals surface area contributed by atoms with Gasteiger partial charge < -0.3 is 0 Å². The quantitative estimate of drug-likeness (QED) is 0.626. The first-order chi connectivity index (χ1) is 7.27. The Morgan fingerprint density at radius 2 is 1.24 bits per heavy atom. The molecule has 0 aliphatic heterocycles. The first-order valence-electron chi connectivity index (χ1n) is 6.83. The predicted molar refractivity (Wildman–Crippen MR) is 78.2 cm³/mol. The molecule has 0 nitrogen and oxygen atoms in total. The molecule has 0 atom stereocenters. The summed E-state index contributed by atoms with van der Waals surface area (Å²) < 4.78 is 1.52. The van der Waals surface area contributed by atoms with Crippen molar-refractivity contribution < 1.29 is 17.0 Å². The average Bonchev–Trinajstić information content (AvgIpc) is 1.96. The fourth-order valence-electron chi connectivity index (χ4n) is 2.09. The van der Waals surface area contributed by atoms with Gasteiger partial charge in [0.25, 0.3) is 0 Å². The Bertz CT molecular complexity index is 211. The standard InChI is InChI=1S/C8H18.C8H16.V/c2*1-7(2)6-8(3,4)5;/h7H,6H2,1-5H3;7H,1-5H3;. The van der Waals surface area contributed by atoms with Crippen LogP contribution in [0.1, 0.15) is 75.7 Å². The molecule has 0 spiro atoms. The van der Waals surface area contributed by atoms with Gasteiger partial charge >= 0.3 is 67.2 Å². The molecule has 1 heteroatoms. The summed E-state index contributed by atoms with van der Waals surface area (Å²) in [5.74, 6) is 1.54. The van der Waals surface area contributed by atoms with Gasteiger partial charge in [0, 0.05) is 0 Å². The van der Waals surface area contributed by atoms with Crippen molar-refractivity contribution in [3.63, 3.8) is 0 Å². The van der Waals surface area contributed by atoms with Gasteiger partial charge in [0.2, 0.25) is 0 Å². The Hall–Kier alpha value is 0.454. The van der Waals surface area contributed by atoms with E-state index < -0.39 is 0 Å².